The van der Waals surface area contributed by atoms with Crippen molar-refractivity contribution in [3.05, 3.63) is 38.0 Å². The molecule has 2 heterocycles. The first kappa shape index (κ1) is 20.0. The molecule has 150 valence electrons. The van der Waals surface area contributed by atoms with Gasteiger partial charge in [-0.1, -0.05) is 6.92 Å². The third-order valence-electron chi connectivity index (χ3n) is 4.63. The van der Waals surface area contributed by atoms with Gasteiger partial charge in [-0.15, -0.1) is 11.3 Å². The molecule has 0 aliphatic heterocycles. The van der Waals surface area contributed by atoms with Crippen LogP contribution in [0.2, 0.25) is 0 Å². The summed E-state index contributed by atoms with van der Waals surface area (Å²) in [5, 5.41) is 18.1. The number of nitrogens with zero attached hydrogens (tertiary/aromatic N) is 3. The Morgan fingerprint density at radius 2 is 2.14 bits per heavy atom. The maximum Gasteiger partial charge on any atom is 0.341 e. The quantitative estimate of drug-likeness (QED) is 0.429. The number of hydrogen-bond donors (Lipinski definition) is 1. The van der Waals surface area contributed by atoms with Gasteiger partial charge in [-0.2, -0.15) is 5.10 Å². The van der Waals surface area contributed by atoms with E-state index >= 15 is 0 Å². The van der Waals surface area contributed by atoms with Crippen LogP contribution in [0.5, 0.6) is 0 Å². The lowest BCUT2D eigenvalue weighted by Gasteiger charge is -2.12. The molecule has 0 fully saturated rings. The van der Waals surface area contributed by atoms with Crippen molar-refractivity contribution in [2.75, 3.05) is 11.9 Å². The van der Waals surface area contributed by atoms with Crippen LogP contribution in [0.15, 0.2) is 6.20 Å². The largest absolute Gasteiger partial charge is 0.462 e. The molecule has 1 amide bonds. The van der Waals surface area contributed by atoms with Gasteiger partial charge >= 0.3 is 11.7 Å². The zero-order chi connectivity index (χ0) is 20.3. The maximum atomic E-state index is 12.6. The van der Waals surface area contributed by atoms with Crippen LogP contribution in [-0.2, 0) is 28.9 Å². The summed E-state index contributed by atoms with van der Waals surface area (Å²) in [5.41, 5.74) is 1.58. The van der Waals surface area contributed by atoms with E-state index in [2.05, 4.69) is 10.4 Å². The highest BCUT2D eigenvalue weighted by Gasteiger charge is 2.27. The molecule has 28 heavy (non-hydrogen) atoms. The molecule has 0 unspecified atom stereocenters. The number of aromatic nitrogens is 2. The fourth-order valence-corrected chi connectivity index (χ4v) is 4.51. The molecule has 2 aromatic rings. The molecule has 0 saturated carbocycles. The van der Waals surface area contributed by atoms with Crippen molar-refractivity contribution in [3.63, 3.8) is 0 Å². The van der Waals surface area contributed by atoms with E-state index in [0.717, 1.165) is 48.7 Å². The molecule has 9 nitrogen and oxygen atoms in total. The predicted octanol–water partition coefficient (Wildman–Crippen LogP) is 3.25. The number of ether oxygens (including phenoxy) is 1. The Balaban J connectivity index is 1.81. The Hall–Kier alpha value is -2.75. The van der Waals surface area contributed by atoms with Gasteiger partial charge in [0.25, 0.3) is 0 Å². The van der Waals surface area contributed by atoms with Crippen LogP contribution in [0, 0.1) is 17.0 Å². The van der Waals surface area contributed by atoms with Crippen LogP contribution in [0.1, 0.15) is 52.7 Å². The van der Waals surface area contributed by atoms with Crippen LogP contribution >= 0.6 is 11.3 Å². The van der Waals surface area contributed by atoms with Crippen molar-refractivity contribution in [3.8, 4) is 0 Å². The number of carbonyl (C=O) groups is 2. The molecular formula is C18H22N4O5S. The molecule has 0 atom stereocenters. The normalized spacial score (nSPS) is 13.1. The van der Waals surface area contributed by atoms with Gasteiger partial charge in [0.15, 0.2) is 0 Å². The molecule has 0 spiro atoms. The average molecular weight is 406 g/mol. The summed E-state index contributed by atoms with van der Waals surface area (Å²) in [6, 6.07) is 0. The number of thiophene rings is 1. The van der Waals surface area contributed by atoms with E-state index in [1.165, 1.54) is 22.9 Å². The molecule has 1 aliphatic rings. The number of hydrogen-bond acceptors (Lipinski definition) is 7. The summed E-state index contributed by atoms with van der Waals surface area (Å²) < 4.78 is 6.59. The third kappa shape index (κ3) is 4.06. The molecule has 0 bridgehead atoms. The van der Waals surface area contributed by atoms with Crippen molar-refractivity contribution >= 4 is 33.9 Å². The van der Waals surface area contributed by atoms with Crippen LogP contribution in [0.25, 0.3) is 0 Å². The van der Waals surface area contributed by atoms with E-state index in [1.54, 1.807) is 0 Å². The second kappa shape index (κ2) is 8.51. The number of nitrogens with one attached hydrogen (secondary N) is 1. The summed E-state index contributed by atoms with van der Waals surface area (Å²) in [6.45, 7) is 3.61. The number of fused-ring (bicyclic) bond motifs is 1. The number of amides is 1. The Labute approximate surface area is 165 Å². The number of esters is 1. The van der Waals surface area contributed by atoms with Crippen molar-refractivity contribution in [2.24, 2.45) is 0 Å². The zero-order valence-electron chi connectivity index (χ0n) is 15.8. The first-order valence-corrected chi connectivity index (χ1v) is 10.0. The minimum absolute atomic E-state index is 0.136. The molecule has 1 N–H and O–H groups in total. The smallest absolute Gasteiger partial charge is 0.341 e. The lowest BCUT2D eigenvalue weighted by atomic mass is 9.95. The molecule has 0 radical (unpaired) electrons. The van der Waals surface area contributed by atoms with E-state index < -0.39 is 16.8 Å². The van der Waals surface area contributed by atoms with Gasteiger partial charge in [0.05, 0.1) is 17.1 Å². The van der Waals surface area contributed by atoms with E-state index in [0.29, 0.717) is 22.9 Å². The van der Waals surface area contributed by atoms with Gasteiger partial charge in [0.1, 0.15) is 23.4 Å². The van der Waals surface area contributed by atoms with E-state index in [-0.39, 0.29) is 12.2 Å². The minimum atomic E-state index is -0.536. The molecule has 1 aliphatic carbocycles. The van der Waals surface area contributed by atoms with Gasteiger partial charge in [-0.3, -0.25) is 19.6 Å². The SMILES string of the molecule is CCCOC(=O)c1c(NC(=O)Cn2ncc([N+](=O)[O-])c2C)sc2c1CCCC2. The van der Waals surface area contributed by atoms with E-state index in [9.17, 15) is 19.7 Å². The lowest BCUT2D eigenvalue weighted by molar-refractivity contribution is -0.385. The molecule has 0 saturated heterocycles. The summed E-state index contributed by atoms with van der Waals surface area (Å²) >= 11 is 1.41. The molecular weight excluding hydrogens is 384 g/mol. The van der Waals surface area contributed by atoms with Crippen molar-refractivity contribution in [1.29, 1.82) is 0 Å². The molecule has 2 aromatic heterocycles. The minimum Gasteiger partial charge on any atom is -0.462 e. The number of rotatable bonds is 7. The van der Waals surface area contributed by atoms with Gasteiger partial charge in [-0.05, 0) is 44.6 Å². The second-order valence-corrected chi connectivity index (χ2v) is 7.73. The molecule has 0 aromatic carbocycles. The summed E-state index contributed by atoms with van der Waals surface area (Å²) in [7, 11) is 0. The van der Waals surface area contributed by atoms with Gasteiger partial charge in [-0.25, -0.2) is 4.79 Å². The maximum absolute atomic E-state index is 12.6. The lowest BCUT2D eigenvalue weighted by Crippen LogP contribution is -2.21. The fourth-order valence-electron chi connectivity index (χ4n) is 3.21. The topological polar surface area (TPSA) is 116 Å². The Morgan fingerprint density at radius 1 is 1.39 bits per heavy atom. The number of nitro groups is 1. The predicted molar refractivity (Wildman–Crippen MR) is 104 cm³/mol. The van der Waals surface area contributed by atoms with Crippen molar-refractivity contribution < 1.29 is 19.2 Å². The molecule has 3 rings (SSSR count). The van der Waals surface area contributed by atoms with Gasteiger partial charge < -0.3 is 10.1 Å². The first-order valence-electron chi connectivity index (χ1n) is 9.20. The van der Waals surface area contributed by atoms with Gasteiger partial charge in [0, 0.05) is 4.88 Å². The highest BCUT2D eigenvalue weighted by atomic mass is 32.1. The summed E-state index contributed by atoms with van der Waals surface area (Å²) in [4.78, 5) is 36.6. The van der Waals surface area contributed by atoms with Crippen LogP contribution < -0.4 is 5.32 Å². The zero-order valence-corrected chi connectivity index (χ0v) is 16.6. The number of aryl methyl sites for hydroxylation is 1. The van der Waals surface area contributed by atoms with E-state index in [1.807, 2.05) is 6.92 Å². The fraction of sp³-hybridized carbons (Fsp3) is 0.500. The summed E-state index contributed by atoms with van der Waals surface area (Å²) in [6.07, 6.45) is 5.58. The monoisotopic (exact) mass is 406 g/mol. The van der Waals surface area contributed by atoms with Crippen LogP contribution in [0.3, 0.4) is 0 Å². The highest BCUT2D eigenvalue weighted by molar-refractivity contribution is 7.17. The molecule has 10 heteroatoms. The van der Waals surface area contributed by atoms with Crippen molar-refractivity contribution in [1.82, 2.24) is 9.78 Å². The average Bonchev–Trinajstić information content (AvgIpc) is 3.20. The second-order valence-electron chi connectivity index (χ2n) is 6.63. The Morgan fingerprint density at radius 3 is 2.82 bits per heavy atom. The third-order valence-corrected chi connectivity index (χ3v) is 5.84. The number of anilines is 1. The Kier molecular flexibility index (Phi) is 6.08. The number of carbonyl (C=O) groups excluding carboxylic acids is 2. The van der Waals surface area contributed by atoms with E-state index in [4.69, 9.17) is 4.74 Å². The van der Waals surface area contributed by atoms with Crippen LogP contribution in [0.4, 0.5) is 10.7 Å². The first-order chi connectivity index (χ1) is 13.4. The van der Waals surface area contributed by atoms with Crippen molar-refractivity contribution in [2.45, 2.75) is 52.5 Å². The summed E-state index contributed by atoms with van der Waals surface area (Å²) in [5.74, 6) is -0.813. The standard InChI is InChI=1S/C18H22N4O5S/c1-3-8-27-18(24)16-12-6-4-5-7-14(12)28-17(16)20-15(23)10-21-11(2)13(9-19-21)22(25)26/h9H,3-8,10H2,1-2H3,(H,20,23). The Bertz CT molecular complexity index is 917. The van der Waals surface area contributed by atoms with Gasteiger partial charge in [0.2, 0.25) is 5.91 Å². The van der Waals surface area contributed by atoms with Crippen LogP contribution in [-0.4, -0.2) is 33.2 Å². The highest BCUT2D eigenvalue weighted by Crippen LogP contribution is 2.38.